The van der Waals surface area contributed by atoms with Crippen molar-refractivity contribution in [2.75, 3.05) is 26.2 Å². The van der Waals surface area contributed by atoms with E-state index in [1.54, 1.807) is 0 Å². The van der Waals surface area contributed by atoms with Crippen LogP contribution in [0, 0.1) is 5.92 Å². The predicted octanol–water partition coefficient (Wildman–Crippen LogP) is 0.619. The minimum absolute atomic E-state index is 0.125. The van der Waals surface area contributed by atoms with Crippen molar-refractivity contribution in [1.29, 1.82) is 0 Å². The fourth-order valence-electron chi connectivity index (χ4n) is 2.49. The van der Waals surface area contributed by atoms with E-state index in [2.05, 4.69) is 5.32 Å². The molecule has 5 nitrogen and oxygen atoms in total. The summed E-state index contributed by atoms with van der Waals surface area (Å²) >= 11 is 0. The van der Waals surface area contributed by atoms with Gasteiger partial charge < -0.3 is 15.3 Å². The van der Waals surface area contributed by atoms with E-state index in [4.69, 9.17) is 5.11 Å². The highest BCUT2D eigenvalue weighted by molar-refractivity contribution is 5.94. The van der Waals surface area contributed by atoms with Gasteiger partial charge in [-0.25, -0.2) is 0 Å². The molecule has 0 aromatic heterocycles. The van der Waals surface area contributed by atoms with Gasteiger partial charge in [0.05, 0.1) is 0 Å². The van der Waals surface area contributed by atoms with Crippen molar-refractivity contribution in [3.8, 4) is 0 Å². The van der Waals surface area contributed by atoms with Crippen LogP contribution in [0.25, 0.3) is 0 Å². The third kappa shape index (κ3) is 2.90. The molecule has 0 aliphatic carbocycles. The van der Waals surface area contributed by atoms with Gasteiger partial charge in [0.1, 0.15) is 0 Å². The average molecular weight is 252 g/mol. The predicted molar refractivity (Wildman–Crippen MR) is 67.1 cm³/mol. The zero-order chi connectivity index (χ0) is 13.1. The Morgan fingerprint density at radius 3 is 2.39 bits per heavy atom. The number of aliphatic carboxylic acids is 1. The van der Waals surface area contributed by atoms with Crippen LogP contribution < -0.4 is 5.32 Å². The summed E-state index contributed by atoms with van der Waals surface area (Å²) in [6.07, 6.45) is 1.84. The van der Waals surface area contributed by atoms with Gasteiger partial charge in [0.25, 0.3) is 0 Å². The van der Waals surface area contributed by atoms with Crippen LogP contribution in [0.15, 0.2) is 11.1 Å². The number of nitrogens with zero attached hydrogens (tertiary/aromatic N) is 1. The number of amides is 1. The molecule has 2 N–H and O–H groups in total. The molecule has 2 fully saturated rings. The second-order valence-electron chi connectivity index (χ2n) is 5.17. The van der Waals surface area contributed by atoms with E-state index in [0.717, 1.165) is 31.5 Å². The summed E-state index contributed by atoms with van der Waals surface area (Å²) in [5, 5.41) is 11.9. The Hall–Kier alpha value is -1.36. The minimum Gasteiger partial charge on any atom is -0.481 e. The van der Waals surface area contributed by atoms with Gasteiger partial charge in [-0.1, -0.05) is 0 Å². The molecule has 0 spiro atoms. The molecule has 2 rings (SSSR count). The van der Waals surface area contributed by atoms with E-state index in [-0.39, 0.29) is 18.2 Å². The van der Waals surface area contributed by atoms with E-state index < -0.39 is 5.97 Å². The van der Waals surface area contributed by atoms with Crippen molar-refractivity contribution in [1.82, 2.24) is 10.2 Å². The summed E-state index contributed by atoms with van der Waals surface area (Å²) in [7, 11) is 0. The SMILES string of the molecule is CC(C(=O)N1CCC(CC(=O)O)CC1)=C1CNC1. The summed E-state index contributed by atoms with van der Waals surface area (Å²) < 4.78 is 0. The number of piperidine rings is 1. The number of hydrogen-bond donors (Lipinski definition) is 2. The van der Waals surface area contributed by atoms with E-state index in [9.17, 15) is 9.59 Å². The number of rotatable bonds is 3. The standard InChI is InChI=1S/C13H20N2O3/c1-9(11-7-14-8-11)13(18)15-4-2-10(3-5-15)6-12(16)17/h10,14H,2-8H2,1H3,(H,16,17). The number of carboxylic acid groups (broad SMARTS) is 1. The van der Waals surface area contributed by atoms with Crippen LogP contribution in [0.3, 0.4) is 0 Å². The molecule has 0 saturated carbocycles. The molecule has 0 aromatic rings. The Balaban J connectivity index is 1.86. The van der Waals surface area contributed by atoms with E-state index in [1.165, 1.54) is 5.57 Å². The molecule has 0 atom stereocenters. The van der Waals surface area contributed by atoms with Crippen molar-refractivity contribution in [2.45, 2.75) is 26.2 Å². The van der Waals surface area contributed by atoms with Gasteiger partial charge in [0.15, 0.2) is 0 Å². The Bertz CT molecular complexity index is 376. The van der Waals surface area contributed by atoms with E-state index >= 15 is 0 Å². The molecule has 0 radical (unpaired) electrons. The number of likely N-dealkylation sites (tertiary alicyclic amines) is 1. The summed E-state index contributed by atoms with van der Waals surface area (Å²) in [6.45, 7) is 4.92. The smallest absolute Gasteiger partial charge is 0.303 e. The first-order valence-corrected chi connectivity index (χ1v) is 6.48. The highest BCUT2D eigenvalue weighted by atomic mass is 16.4. The van der Waals surface area contributed by atoms with Crippen molar-refractivity contribution in [2.24, 2.45) is 5.92 Å². The van der Waals surface area contributed by atoms with Gasteiger partial charge in [-0.3, -0.25) is 9.59 Å². The number of carbonyl (C=O) groups excluding carboxylic acids is 1. The summed E-state index contributed by atoms with van der Waals surface area (Å²) in [5.41, 5.74) is 2.07. The molecule has 1 amide bonds. The highest BCUT2D eigenvalue weighted by Gasteiger charge is 2.26. The topological polar surface area (TPSA) is 69.6 Å². The van der Waals surface area contributed by atoms with Crippen molar-refractivity contribution >= 4 is 11.9 Å². The number of carbonyl (C=O) groups is 2. The van der Waals surface area contributed by atoms with Crippen LogP contribution in [0.4, 0.5) is 0 Å². The van der Waals surface area contributed by atoms with Crippen LogP contribution in [0.2, 0.25) is 0 Å². The minimum atomic E-state index is -0.737. The lowest BCUT2D eigenvalue weighted by molar-refractivity contribution is -0.138. The van der Waals surface area contributed by atoms with Crippen LogP contribution in [-0.2, 0) is 9.59 Å². The Labute approximate surface area is 107 Å². The van der Waals surface area contributed by atoms with Gasteiger partial charge in [-0.05, 0) is 31.3 Å². The summed E-state index contributed by atoms with van der Waals surface area (Å²) in [5.74, 6) is -0.385. The lowest BCUT2D eigenvalue weighted by atomic mass is 9.93. The second kappa shape index (κ2) is 5.52. The first-order valence-electron chi connectivity index (χ1n) is 6.48. The van der Waals surface area contributed by atoms with Crippen LogP contribution >= 0.6 is 0 Å². The molecular formula is C13H20N2O3. The van der Waals surface area contributed by atoms with Gasteiger partial charge >= 0.3 is 5.97 Å². The Kier molecular flexibility index (Phi) is 4.01. The van der Waals surface area contributed by atoms with Gasteiger partial charge in [-0.15, -0.1) is 0 Å². The van der Waals surface area contributed by atoms with Crippen molar-refractivity contribution in [3.05, 3.63) is 11.1 Å². The third-order valence-corrected chi connectivity index (χ3v) is 3.89. The maximum atomic E-state index is 12.2. The molecule has 0 bridgehead atoms. The number of carboxylic acids is 1. The fourth-order valence-corrected chi connectivity index (χ4v) is 2.49. The lowest BCUT2D eigenvalue weighted by Gasteiger charge is -2.33. The normalized spacial score (nSPS) is 20.5. The highest BCUT2D eigenvalue weighted by Crippen LogP contribution is 2.22. The number of nitrogens with one attached hydrogen (secondary N) is 1. The largest absolute Gasteiger partial charge is 0.481 e. The Morgan fingerprint density at radius 1 is 1.33 bits per heavy atom. The molecule has 100 valence electrons. The van der Waals surface area contributed by atoms with Gasteiger partial charge in [-0.2, -0.15) is 0 Å². The van der Waals surface area contributed by atoms with E-state index in [1.807, 2.05) is 11.8 Å². The summed E-state index contributed by atoms with van der Waals surface area (Å²) in [4.78, 5) is 24.7. The number of hydrogen-bond acceptors (Lipinski definition) is 3. The van der Waals surface area contributed by atoms with Crippen LogP contribution in [0.5, 0.6) is 0 Å². The second-order valence-corrected chi connectivity index (χ2v) is 5.17. The molecule has 2 aliphatic heterocycles. The van der Waals surface area contributed by atoms with Crippen LogP contribution in [-0.4, -0.2) is 48.1 Å². The van der Waals surface area contributed by atoms with Crippen molar-refractivity contribution < 1.29 is 14.7 Å². The lowest BCUT2D eigenvalue weighted by Crippen LogP contribution is -2.42. The maximum Gasteiger partial charge on any atom is 0.303 e. The maximum absolute atomic E-state index is 12.2. The van der Waals surface area contributed by atoms with E-state index in [0.29, 0.717) is 13.1 Å². The van der Waals surface area contributed by atoms with Crippen LogP contribution in [0.1, 0.15) is 26.2 Å². The zero-order valence-corrected chi connectivity index (χ0v) is 10.7. The molecule has 2 saturated heterocycles. The molecular weight excluding hydrogens is 232 g/mol. The van der Waals surface area contributed by atoms with Gasteiger partial charge in [0.2, 0.25) is 5.91 Å². The zero-order valence-electron chi connectivity index (χ0n) is 10.7. The first-order chi connectivity index (χ1) is 8.58. The third-order valence-electron chi connectivity index (χ3n) is 3.89. The average Bonchev–Trinajstić information content (AvgIpc) is 2.26. The molecule has 2 aliphatic rings. The summed E-state index contributed by atoms with van der Waals surface area (Å²) in [6, 6.07) is 0. The molecule has 2 heterocycles. The Morgan fingerprint density at radius 2 is 1.94 bits per heavy atom. The first kappa shape index (κ1) is 13.1. The molecule has 0 aromatic carbocycles. The monoisotopic (exact) mass is 252 g/mol. The van der Waals surface area contributed by atoms with Gasteiger partial charge in [0, 0.05) is 38.2 Å². The van der Waals surface area contributed by atoms with Crippen molar-refractivity contribution in [3.63, 3.8) is 0 Å². The molecule has 0 unspecified atom stereocenters. The molecule has 18 heavy (non-hydrogen) atoms. The fraction of sp³-hybridized carbons (Fsp3) is 0.692. The quantitative estimate of drug-likeness (QED) is 0.722. The molecule has 5 heteroatoms.